The topological polar surface area (TPSA) is 93.7 Å². The van der Waals surface area contributed by atoms with Crippen molar-refractivity contribution in [2.45, 2.75) is 25.8 Å². The smallest absolute Gasteiger partial charge is 0.337 e. The lowest BCUT2D eigenvalue weighted by Crippen LogP contribution is -2.43. The van der Waals surface area contributed by atoms with Gasteiger partial charge in [-0.25, -0.2) is 4.79 Å². The fraction of sp³-hybridized carbons (Fsp3) is 0.207. The number of amides is 1. The summed E-state index contributed by atoms with van der Waals surface area (Å²) < 4.78 is 10.1. The first-order valence-corrected chi connectivity index (χ1v) is 11.5. The largest absolute Gasteiger partial charge is 0.497 e. The standard InChI is InChI=1S/C29H28N2O5/c1-29(2)17-21-12-13-23(35-3)15-24(21)25(31-29)16-26(32)20-6-5-7-22(14-20)30-27(33)18-8-10-19(11-9-18)28(34)36-4/h5-16,31H,17H2,1-4H3,(H,30,33)/b25-16-. The average Bonchev–Trinajstić information content (AvgIpc) is 2.87. The van der Waals surface area contributed by atoms with Crippen LogP contribution >= 0.6 is 0 Å². The number of ketones is 1. The second-order valence-corrected chi connectivity index (χ2v) is 9.23. The van der Waals surface area contributed by atoms with Crippen molar-refractivity contribution in [1.82, 2.24) is 5.32 Å². The van der Waals surface area contributed by atoms with E-state index in [1.54, 1.807) is 49.6 Å². The number of hydrogen-bond acceptors (Lipinski definition) is 6. The number of ether oxygens (including phenoxy) is 2. The van der Waals surface area contributed by atoms with Gasteiger partial charge in [-0.05, 0) is 74.4 Å². The van der Waals surface area contributed by atoms with Gasteiger partial charge in [0.1, 0.15) is 5.75 Å². The minimum atomic E-state index is -0.473. The molecule has 3 aromatic carbocycles. The highest BCUT2D eigenvalue weighted by atomic mass is 16.5. The molecule has 0 atom stereocenters. The van der Waals surface area contributed by atoms with Gasteiger partial charge in [0, 0.05) is 39.7 Å². The number of anilines is 1. The van der Waals surface area contributed by atoms with Gasteiger partial charge in [-0.1, -0.05) is 18.2 Å². The van der Waals surface area contributed by atoms with Gasteiger partial charge < -0.3 is 20.1 Å². The summed E-state index contributed by atoms with van der Waals surface area (Å²) in [6, 6.07) is 18.8. The fourth-order valence-corrected chi connectivity index (χ4v) is 4.20. The highest BCUT2D eigenvalue weighted by Gasteiger charge is 2.28. The van der Waals surface area contributed by atoms with Crippen LogP contribution in [0.3, 0.4) is 0 Å². The molecule has 2 N–H and O–H groups in total. The molecular formula is C29H28N2O5. The molecule has 7 nitrogen and oxygen atoms in total. The SMILES string of the molecule is COC(=O)c1ccc(C(=O)Nc2cccc(C(=O)/C=C3\NC(C)(C)Cc4ccc(OC)cc43)c2)cc1. The van der Waals surface area contributed by atoms with Crippen molar-refractivity contribution in [1.29, 1.82) is 0 Å². The third kappa shape index (κ3) is 5.46. The van der Waals surface area contributed by atoms with Crippen molar-refractivity contribution in [3.63, 3.8) is 0 Å². The van der Waals surface area contributed by atoms with Crippen LogP contribution in [0.4, 0.5) is 5.69 Å². The highest BCUT2D eigenvalue weighted by molar-refractivity contribution is 6.10. The molecule has 0 aromatic heterocycles. The summed E-state index contributed by atoms with van der Waals surface area (Å²) in [7, 11) is 2.91. The maximum Gasteiger partial charge on any atom is 0.337 e. The van der Waals surface area contributed by atoms with Crippen LogP contribution in [-0.2, 0) is 11.2 Å². The van der Waals surface area contributed by atoms with E-state index < -0.39 is 5.97 Å². The Kier molecular flexibility index (Phi) is 6.92. The van der Waals surface area contributed by atoms with E-state index in [0.717, 1.165) is 29.0 Å². The summed E-state index contributed by atoms with van der Waals surface area (Å²) in [5, 5.41) is 6.27. The zero-order chi connectivity index (χ0) is 25.9. The first kappa shape index (κ1) is 24.7. The van der Waals surface area contributed by atoms with E-state index in [0.29, 0.717) is 22.4 Å². The molecule has 0 saturated carbocycles. The zero-order valence-electron chi connectivity index (χ0n) is 20.7. The predicted molar refractivity (Wildman–Crippen MR) is 138 cm³/mol. The van der Waals surface area contributed by atoms with E-state index in [1.807, 2.05) is 18.2 Å². The Balaban J connectivity index is 1.55. The van der Waals surface area contributed by atoms with Gasteiger partial charge in [-0.3, -0.25) is 9.59 Å². The summed E-state index contributed by atoms with van der Waals surface area (Å²) in [5.74, 6) is -0.300. The Morgan fingerprint density at radius 3 is 2.33 bits per heavy atom. The molecule has 3 aromatic rings. The third-order valence-electron chi connectivity index (χ3n) is 5.96. The molecule has 1 aliphatic heterocycles. The van der Waals surface area contributed by atoms with Crippen LogP contribution in [0, 0.1) is 0 Å². The molecule has 1 amide bonds. The van der Waals surface area contributed by atoms with E-state index in [2.05, 4.69) is 29.2 Å². The Bertz CT molecular complexity index is 1360. The maximum atomic E-state index is 13.2. The van der Waals surface area contributed by atoms with Crippen molar-refractivity contribution in [3.05, 3.63) is 101 Å². The third-order valence-corrected chi connectivity index (χ3v) is 5.96. The first-order chi connectivity index (χ1) is 17.2. The van der Waals surface area contributed by atoms with Gasteiger partial charge in [0.2, 0.25) is 0 Å². The molecule has 0 fully saturated rings. The first-order valence-electron chi connectivity index (χ1n) is 11.5. The summed E-state index contributed by atoms with van der Waals surface area (Å²) in [5.41, 5.74) is 4.24. The molecule has 0 spiro atoms. The molecule has 0 bridgehead atoms. The lowest BCUT2D eigenvalue weighted by molar-refractivity contribution is 0.0600. The fourth-order valence-electron chi connectivity index (χ4n) is 4.20. The molecule has 0 saturated heterocycles. The number of methoxy groups -OCH3 is 2. The van der Waals surface area contributed by atoms with Crippen LogP contribution in [-0.4, -0.2) is 37.4 Å². The summed E-state index contributed by atoms with van der Waals surface area (Å²) in [4.78, 5) is 37.5. The average molecular weight is 485 g/mol. The van der Waals surface area contributed by atoms with Crippen molar-refractivity contribution >= 4 is 29.0 Å². The number of rotatable bonds is 6. The number of carbonyl (C=O) groups excluding carboxylic acids is 3. The van der Waals surface area contributed by atoms with E-state index in [4.69, 9.17) is 4.74 Å². The van der Waals surface area contributed by atoms with Gasteiger partial charge in [0.15, 0.2) is 5.78 Å². The molecule has 0 aliphatic carbocycles. The van der Waals surface area contributed by atoms with Crippen molar-refractivity contribution in [3.8, 4) is 5.75 Å². The van der Waals surface area contributed by atoms with E-state index in [9.17, 15) is 14.4 Å². The number of carbonyl (C=O) groups is 3. The molecule has 7 heteroatoms. The number of esters is 1. The number of fused-ring (bicyclic) bond motifs is 1. The quantitative estimate of drug-likeness (QED) is 0.294. The van der Waals surface area contributed by atoms with E-state index in [1.165, 1.54) is 19.2 Å². The normalized spacial score (nSPS) is 14.8. The molecule has 1 heterocycles. The molecule has 36 heavy (non-hydrogen) atoms. The van der Waals surface area contributed by atoms with Gasteiger partial charge >= 0.3 is 5.97 Å². The lowest BCUT2D eigenvalue weighted by Gasteiger charge is -2.35. The maximum absolute atomic E-state index is 13.2. The Hall–Kier alpha value is -4.39. The highest BCUT2D eigenvalue weighted by Crippen LogP contribution is 2.32. The predicted octanol–water partition coefficient (Wildman–Crippen LogP) is 4.88. The second-order valence-electron chi connectivity index (χ2n) is 9.23. The molecule has 4 rings (SSSR count). The zero-order valence-corrected chi connectivity index (χ0v) is 20.7. The van der Waals surface area contributed by atoms with Crippen LogP contribution in [0.2, 0.25) is 0 Å². The van der Waals surface area contributed by atoms with Crippen molar-refractivity contribution < 1.29 is 23.9 Å². The van der Waals surface area contributed by atoms with Gasteiger partial charge in [-0.15, -0.1) is 0 Å². The molecule has 0 unspecified atom stereocenters. The number of nitrogens with one attached hydrogen (secondary N) is 2. The lowest BCUT2D eigenvalue weighted by atomic mass is 9.85. The Morgan fingerprint density at radius 2 is 1.64 bits per heavy atom. The second kappa shape index (κ2) is 10.1. The molecule has 1 aliphatic rings. The van der Waals surface area contributed by atoms with Gasteiger partial charge in [-0.2, -0.15) is 0 Å². The number of hydrogen-bond donors (Lipinski definition) is 2. The van der Waals surface area contributed by atoms with Crippen LogP contribution in [0.5, 0.6) is 5.75 Å². The van der Waals surface area contributed by atoms with Crippen LogP contribution < -0.4 is 15.4 Å². The number of allylic oxidation sites excluding steroid dienone is 1. The monoisotopic (exact) mass is 484 g/mol. The Morgan fingerprint density at radius 1 is 0.917 bits per heavy atom. The minimum absolute atomic E-state index is 0.192. The van der Waals surface area contributed by atoms with E-state index in [-0.39, 0.29) is 17.2 Å². The number of benzene rings is 3. The van der Waals surface area contributed by atoms with Gasteiger partial charge in [0.05, 0.1) is 19.8 Å². The van der Waals surface area contributed by atoms with Gasteiger partial charge in [0.25, 0.3) is 5.91 Å². The molecular weight excluding hydrogens is 456 g/mol. The van der Waals surface area contributed by atoms with Crippen LogP contribution in [0.15, 0.2) is 72.8 Å². The Labute approximate surface area is 210 Å². The van der Waals surface area contributed by atoms with Crippen LogP contribution in [0.1, 0.15) is 56.0 Å². The molecule has 184 valence electrons. The van der Waals surface area contributed by atoms with Crippen molar-refractivity contribution in [2.24, 2.45) is 0 Å². The summed E-state index contributed by atoms with van der Waals surface area (Å²) in [6.07, 6.45) is 2.41. The van der Waals surface area contributed by atoms with E-state index >= 15 is 0 Å². The molecule has 0 radical (unpaired) electrons. The summed E-state index contributed by atoms with van der Waals surface area (Å²) in [6.45, 7) is 4.18. The van der Waals surface area contributed by atoms with Crippen molar-refractivity contribution in [2.75, 3.05) is 19.5 Å². The minimum Gasteiger partial charge on any atom is -0.497 e. The van der Waals surface area contributed by atoms with Crippen LogP contribution in [0.25, 0.3) is 5.70 Å². The summed E-state index contributed by atoms with van der Waals surface area (Å²) >= 11 is 0.